The maximum Gasteiger partial charge on any atom is 0.494 e. The predicted molar refractivity (Wildman–Crippen MR) is 150 cm³/mol. The molecule has 2 aliphatic rings. The summed E-state index contributed by atoms with van der Waals surface area (Å²) in [5, 5.41) is 0. The molecule has 7 rings (SSSR count). The summed E-state index contributed by atoms with van der Waals surface area (Å²) in [6, 6.07) is 33.8. The molecular formula is C31H28BN3O2. The molecule has 1 fully saturated rings. The van der Waals surface area contributed by atoms with Gasteiger partial charge >= 0.3 is 7.12 Å². The molecule has 0 aliphatic carbocycles. The molecule has 0 unspecified atom stereocenters. The summed E-state index contributed by atoms with van der Waals surface area (Å²) < 4.78 is 15.1. The van der Waals surface area contributed by atoms with Gasteiger partial charge in [-0.1, -0.05) is 60.7 Å². The lowest BCUT2D eigenvalue weighted by Gasteiger charge is -2.33. The summed E-state index contributed by atoms with van der Waals surface area (Å²) in [7, 11) is -0.443. The van der Waals surface area contributed by atoms with Crippen LogP contribution in [0.5, 0.6) is 0 Å². The van der Waals surface area contributed by atoms with Crippen LogP contribution in [-0.4, -0.2) is 27.9 Å². The predicted octanol–water partition coefficient (Wildman–Crippen LogP) is 6.77. The summed E-state index contributed by atoms with van der Waals surface area (Å²) in [5.74, 6) is 0.931. The number of fused-ring (bicyclic) bond motifs is 2. The molecule has 6 heteroatoms. The molecule has 0 bridgehead atoms. The Bertz CT molecular complexity index is 1630. The van der Waals surface area contributed by atoms with Crippen LogP contribution in [-0.2, 0) is 9.31 Å². The second kappa shape index (κ2) is 7.82. The molecule has 37 heavy (non-hydrogen) atoms. The number of aromatic nitrogens is 2. The monoisotopic (exact) mass is 485 g/mol. The highest BCUT2D eigenvalue weighted by Crippen LogP contribution is 2.48. The van der Waals surface area contributed by atoms with Crippen molar-refractivity contribution in [2.75, 3.05) is 4.90 Å². The third-order valence-electron chi connectivity index (χ3n) is 7.95. The van der Waals surface area contributed by atoms with Crippen molar-refractivity contribution in [3.05, 3.63) is 97.1 Å². The molecule has 0 spiro atoms. The summed E-state index contributed by atoms with van der Waals surface area (Å²) in [5.41, 5.74) is 7.66. The number of rotatable bonds is 3. The number of anilines is 3. The largest absolute Gasteiger partial charge is 0.494 e. The Morgan fingerprint density at radius 3 is 2.05 bits per heavy atom. The van der Waals surface area contributed by atoms with Crippen LogP contribution in [0.1, 0.15) is 27.7 Å². The van der Waals surface area contributed by atoms with E-state index in [2.05, 4.69) is 122 Å². The van der Waals surface area contributed by atoms with Gasteiger partial charge in [-0.3, -0.25) is 4.57 Å². The lowest BCUT2D eigenvalue weighted by molar-refractivity contribution is 0.00578. The van der Waals surface area contributed by atoms with Gasteiger partial charge in [0.1, 0.15) is 5.82 Å². The Kier molecular flexibility index (Phi) is 4.72. The lowest BCUT2D eigenvalue weighted by Crippen LogP contribution is -2.41. The fourth-order valence-corrected chi connectivity index (χ4v) is 5.32. The van der Waals surface area contributed by atoms with E-state index in [9.17, 15) is 0 Å². The first kappa shape index (κ1) is 22.3. The first-order valence-corrected chi connectivity index (χ1v) is 12.8. The molecule has 0 saturated carbocycles. The van der Waals surface area contributed by atoms with Gasteiger partial charge in [-0.25, -0.2) is 4.98 Å². The summed E-state index contributed by atoms with van der Waals surface area (Å²) in [4.78, 5) is 7.43. The van der Waals surface area contributed by atoms with Crippen molar-refractivity contribution in [3.8, 4) is 17.1 Å². The minimum Gasteiger partial charge on any atom is -0.399 e. The molecule has 0 radical (unpaired) electrons. The second-order valence-electron chi connectivity index (χ2n) is 10.8. The molecule has 1 aromatic heterocycles. The number of imidazole rings is 1. The highest BCUT2D eigenvalue weighted by molar-refractivity contribution is 6.62. The van der Waals surface area contributed by atoms with Crippen molar-refractivity contribution >= 4 is 40.7 Å². The van der Waals surface area contributed by atoms with Crippen LogP contribution in [0.15, 0.2) is 97.1 Å². The third kappa shape index (κ3) is 3.29. The van der Waals surface area contributed by atoms with E-state index in [1.165, 1.54) is 0 Å². The molecule has 4 aromatic carbocycles. The topological polar surface area (TPSA) is 39.5 Å². The van der Waals surface area contributed by atoms with Crippen LogP contribution in [0.25, 0.3) is 28.1 Å². The molecule has 182 valence electrons. The van der Waals surface area contributed by atoms with Crippen LogP contribution in [0, 0.1) is 0 Å². The number of hydrogen-bond donors (Lipinski definition) is 0. The second-order valence-corrected chi connectivity index (χ2v) is 10.8. The van der Waals surface area contributed by atoms with Gasteiger partial charge in [0.15, 0.2) is 0 Å². The smallest absolute Gasteiger partial charge is 0.399 e. The Morgan fingerprint density at radius 2 is 1.35 bits per heavy atom. The highest BCUT2D eigenvalue weighted by atomic mass is 16.7. The number of para-hydroxylation sites is 2. The van der Waals surface area contributed by atoms with Crippen LogP contribution in [0.2, 0.25) is 0 Å². The van der Waals surface area contributed by atoms with E-state index in [1.54, 1.807) is 0 Å². The van der Waals surface area contributed by atoms with Gasteiger partial charge in [-0.2, -0.15) is 0 Å². The molecule has 1 saturated heterocycles. The van der Waals surface area contributed by atoms with Gasteiger partial charge in [0.05, 0.1) is 39.3 Å². The van der Waals surface area contributed by atoms with Gasteiger partial charge in [0, 0.05) is 11.3 Å². The van der Waals surface area contributed by atoms with Gasteiger partial charge in [0.25, 0.3) is 0 Å². The molecule has 0 N–H and O–H groups in total. The molecule has 0 amide bonds. The summed E-state index contributed by atoms with van der Waals surface area (Å²) >= 11 is 0. The van der Waals surface area contributed by atoms with Crippen LogP contribution >= 0.6 is 0 Å². The fourth-order valence-electron chi connectivity index (χ4n) is 5.32. The highest BCUT2D eigenvalue weighted by Gasteiger charge is 2.52. The van der Waals surface area contributed by atoms with Crippen LogP contribution in [0.4, 0.5) is 17.1 Å². The van der Waals surface area contributed by atoms with E-state index < -0.39 is 18.3 Å². The van der Waals surface area contributed by atoms with E-state index in [4.69, 9.17) is 14.3 Å². The molecule has 2 aliphatic heterocycles. The minimum atomic E-state index is -0.443. The third-order valence-corrected chi connectivity index (χ3v) is 7.95. The molecular weight excluding hydrogens is 457 g/mol. The van der Waals surface area contributed by atoms with Crippen molar-refractivity contribution in [1.82, 2.24) is 9.55 Å². The van der Waals surface area contributed by atoms with Crippen molar-refractivity contribution in [1.29, 1.82) is 0 Å². The van der Waals surface area contributed by atoms with Crippen LogP contribution < -0.4 is 10.4 Å². The average molecular weight is 485 g/mol. The Morgan fingerprint density at radius 1 is 0.676 bits per heavy atom. The standard InChI is InChI=1S/C31H28BN3O2/c1-30(2)31(3,4)37-32(36-30)22-18-19-25-27(20-22)34(23-14-9-6-10-15-23)26-17-11-16-24-28(26)35(25)29(33-24)21-12-7-5-8-13-21/h5-20H,1-4H3. The Labute approximate surface area is 217 Å². The van der Waals surface area contributed by atoms with E-state index in [0.717, 1.165) is 50.6 Å². The zero-order chi connectivity index (χ0) is 25.4. The van der Waals surface area contributed by atoms with E-state index in [0.29, 0.717) is 0 Å². The van der Waals surface area contributed by atoms with Crippen molar-refractivity contribution in [2.45, 2.75) is 38.9 Å². The zero-order valence-electron chi connectivity index (χ0n) is 21.5. The first-order valence-electron chi connectivity index (χ1n) is 12.8. The SMILES string of the molecule is CC1(C)OB(c2ccc3c(c2)N(c2ccccc2)c2cccc4nc(-c5ccccc5)n-3c24)OC1(C)C. The average Bonchev–Trinajstić information content (AvgIpc) is 3.40. The molecule has 5 aromatic rings. The zero-order valence-corrected chi connectivity index (χ0v) is 21.5. The Hall–Kier alpha value is -3.87. The maximum atomic E-state index is 6.43. The van der Waals surface area contributed by atoms with Crippen molar-refractivity contribution < 1.29 is 9.31 Å². The van der Waals surface area contributed by atoms with Gasteiger partial charge in [-0.05, 0) is 69.6 Å². The van der Waals surface area contributed by atoms with Crippen LogP contribution in [0.3, 0.4) is 0 Å². The van der Waals surface area contributed by atoms with E-state index >= 15 is 0 Å². The number of nitrogens with zero attached hydrogens (tertiary/aromatic N) is 3. The van der Waals surface area contributed by atoms with E-state index in [1.807, 2.05) is 12.1 Å². The van der Waals surface area contributed by atoms with Gasteiger partial charge < -0.3 is 14.2 Å². The summed E-state index contributed by atoms with van der Waals surface area (Å²) in [6.07, 6.45) is 0. The molecule has 5 nitrogen and oxygen atoms in total. The first-order chi connectivity index (χ1) is 17.8. The quantitative estimate of drug-likeness (QED) is 0.259. The van der Waals surface area contributed by atoms with Crippen molar-refractivity contribution in [2.24, 2.45) is 0 Å². The summed E-state index contributed by atoms with van der Waals surface area (Å²) in [6.45, 7) is 8.36. The Balaban J connectivity index is 1.49. The van der Waals surface area contributed by atoms with E-state index in [-0.39, 0.29) is 0 Å². The normalized spacial score (nSPS) is 17.3. The number of hydrogen-bond acceptors (Lipinski definition) is 4. The molecule has 0 atom stereocenters. The van der Waals surface area contributed by atoms with Gasteiger partial charge in [-0.15, -0.1) is 0 Å². The molecule has 3 heterocycles. The van der Waals surface area contributed by atoms with Gasteiger partial charge in [0.2, 0.25) is 0 Å². The lowest BCUT2D eigenvalue weighted by atomic mass is 9.78. The van der Waals surface area contributed by atoms with Crippen molar-refractivity contribution in [3.63, 3.8) is 0 Å². The maximum absolute atomic E-state index is 6.43. The minimum absolute atomic E-state index is 0.406. The number of benzene rings is 4. The fraction of sp³-hybridized carbons (Fsp3) is 0.194.